The highest BCUT2D eigenvalue weighted by Gasteiger charge is 2.17. The molecule has 0 atom stereocenters. The van der Waals surface area contributed by atoms with Crippen molar-refractivity contribution >= 4 is 40.2 Å². The summed E-state index contributed by atoms with van der Waals surface area (Å²) in [5.74, 6) is -0.365. The number of aryl methyl sites for hydroxylation is 2. The van der Waals surface area contributed by atoms with Crippen molar-refractivity contribution in [2.45, 2.75) is 27.3 Å². The van der Waals surface area contributed by atoms with Crippen LogP contribution in [0.1, 0.15) is 30.0 Å². The monoisotopic (exact) mass is 318 g/mol. The number of halogens is 1. The van der Waals surface area contributed by atoms with Crippen molar-refractivity contribution < 1.29 is 9.53 Å². The Morgan fingerprint density at radius 1 is 1.23 bits per heavy atom. The molecule has 22 heavy (non-hydrogen) atoms. The summed E-state index contributed by atoms with van der Waals surface area (Å²) in [4.78, 5) is 16.4. The van der Waals surface area contributed by atoms with Crippen LogP contribution in [-0.4, -0.2) is 22.1 Å². The van der Waals surface area contributed by atoms with E-state index in [1.807, 2.05) is 25.1 Å². The Kier molecular flexibility index (Phi) is 4.71. The first kappa shape index (κ1) is 16.3. The summed E-state index contributed by atoms with van der Waals surface area (Å²) >= 11 is 0. The average molecular weight is 319 g/mol. The van der Waals surface area contributed by atoms with E-state index in [4.69, 9.17) is 4.74 Å². The van der Waals surface area contributed by atoms with Crippen LogP contribution < -0.4 is 0 Å². The second-order valence-corrected chi connectivity index (χ2v) is 4.97. The van der Waals surface area contributed by atoms with Crippen molar-refractivity contribution in [1.82, 2.24) is 9.55 Å². The van der Waals surface area contributed by atoms with Gasteiger partial charge in [-0.05, 0) is 32.9 Å². The van der Waals surface area contributed by atoms with E-state index < -0.39 is 0 Å². The Morgan fingerprint density at radius 2 is 1.95 bits per heavy atom. The van der Waals surface area contributed by atoms with Crippen LogP contribution in [0.5, 0.6) is 0 Å². The summed E-state index contributed by atoms with van der Waals surface area (Å²) in [7, 11) is 0. The number of pyridine rings is 1. The third kappa shape index (κ3) is 2.44. The Bertz CT molecular complexity index is 839. The molecule has 0 fully saturated rings. The zero-order valence-corrected chi connectivity index (χ0v) is 13.7. The molecule has 0 N–H and O–H groups in total. The molecule has 2 aromatic heterocycles. The molecule has 116 valence electrons. The van der Waals surface area contributed by atoms with Crippen LogP contribution in [0.25, 0.3) is 21.8 Å². The summed E-state index contributed by atoms with van der Waals surface area (Å²) in [6.07, 6.45) is 0. The lowest BCUT2D eigenvalue weighted by molar-refractivity contribution is 0.0519. The van der Waals surface area contributed by atoms with Crippen LogP contribution in [0.3, 0.4) is 0 Å². The van der Waals surface area contributed by atoms with Gasteiger partial charge in [-0.25, -0.2) is 9.78 Å². The van der Waals surface area contributed by atoms with E-state index in [1.54, 1.807) is 6.92 Å². The molecule has 0 amide bonds. The molecule has 0 radical (unpaired) electrons. The minimum Gasteiger partial charge on any atom is -0.461 e. The van der Waals surface area contributed by atoms with Crippen molar-refractivity contribution in [3.8, 4) is 0 Å². The van der Waals surface area contributed by atoms with Gasteiger partial charge in [0, 0.05) is 22.8 Å². The Hall–Kier alpha value is -2.07. The van der Waals surface area contributed by atoms with Crippen LogP contribution in [0.15, 0.2) is 30.3 Å². The van der Waals surface area contributed by atoms with Crippen molar-refractivity contribution in [3.63, 3.8) is 0 Å². The van der Waals surface area contributed by atoms with Crippen LogP contribution in [0.4, 0.5) is 0 Å². The number of esters is 1. The fraction of sp³-hybridized carbons (Fsp3) is 0.294. The van der Waals surface area contributed by atoms with Gasteiger partial charge in [0.1, 0.15) is 5.69 Å². The third-order valence-electron chi connectivity index (χ3n) is 3.72. The van der Waals surface area contributed by atoms with E-state index >= 15 is 0 Å². The maximum Gasteiger partial charge on any atom is 0.356 e. The van der Waals surface area contributed by atoms with Gasteiger partial charge in [0.15, 0.2) is 0 Å². The highest BCUT2D eigenvalue weighted by molar-refractivity contribution is 6.10. The number of aromatic nitrogens is 2. The molecule has 3 aromatic rings. The van der Waals surface area contributed by atoms with E-state index in [2.05, 4.69) is 28.6 Å². The lowest BCUT2D eigenvalue weighted by Gasteiger charge is -2.07. The Labute approximate surface area is 135 Å². The quantitative estimate of drug-likeness (QED) is 0.682. The number of carbonyl (C=O) groups is 1. The van der Waals surface area contributed by atoms with E-state index in [9.17, 15) is 4.79 Å². The summed E-state index contributed by atoms with van der Waals surface area (Å²) in [5, 5.41) is 2.20. The first-order valence-electron chi connectivity index (χ1n) is 7.23. The van der Waals surface area contributed by atoms with Crippen LogP contribution in [-0.2, 0) is 11.3 Å². The number of hydrogen-bond acceptors (Lipinski definition) is 3. The lowest BCUT2D eigenvalue weighted by Crippen LogP contribution is -2.08. The molecule has 0 aliphatic rings. The van der Waals surface area contributed by atoms with Crippen LogP contribution in [0.2, 0.25) is 0 Å². The molecule has 0 aliphatic carbocycles. The fourth-order valence-electron chi connectivity index (χ4n) is 2.91. The number of rotatable bonds is 3. The predicted molar refractivity (Wildman–Crippen MR) is 90.9 cm³/mol. The number of para-hydroxylation sites is 1. The van der Waals surface area contributed by atoms with Gasteiger partial charge in [-0.3, -0.25) is 0 Å². The molecule has 4 nitrogen and oxygen atoms in total. The van der Waals surface area contributed by atoms with Gasteiger partial charge in [0.05, 0.1) is 17.8 Å². The SMILES string of the molecule is CCOC(=O)c1cc2c3ccccc3n(CC)c2c(C)n1.Cl. The molecule has 0 spiro atoms. The van der Waals surface area contributed by atoms with Gasteiger partial charge in [-0.1, -0.05) is 18.2 Å². The van der Waals surface area contributed by atoms with Gasteiger partial charge in [-0.2, -0.15) is 0 Å². The van der Waals surface area contributed by atoms with Gasteiger partial charge >= 0.3 is 5.97 Å². The first-order valence-corrected chi connectivity index (χ1v) is 7.23. The average Bonchev–Trinajstić information content (AvgIpc) is 2.82. The maximum atomic E-state index is 12.0. The van der Waals surface area contributed by atoms with Gasteiger partial charge in [-0.15, -0.1) is 12.4 Å². The summed E-state index contributed by atoms with van der Waals surface area (Å²) in [5.41, 5.74) is 3.49. The lowest BCUT2D eigenvalue weighted by atomic mass is 10.1. The summed E-state index contributed by atoms with van der Waals surface area (Å²) in [6, 6.07) is 10.1. The highest BCUT2D eigenvalue weighted by Crippen LogP contribution is 2.31. The summed E-state index contributed by atoms with van der Waals surface area (Å²) in [6.45, 7) is 7.08. The molecule has 3 rings (SSSR count). The predicted octanol–water partition coefficient (Wildman–Crippen LogP) is 4.12. The standard InChI is InChI=1S/C17H18N2O2.ClH/c1-4-19-15-9-7-6-8-12(15)13-10-14(17(20)21-5-2)18-11(3)16(13)19;/h6-10H,4-5H2,1-3H3;1H. The number of nitrogens with zero attached hydrogens (tertiary/aromatic N) is 2. The molecular weight excluding hydrogens is 300 g/mol. The molecule has 5 heteroatoms. The molecular formula is C17H19ClN2O2. The second kappa shape index (κ2) is 6.36. The molecule has 1 aromatic carbocycles. The van der Waals surface area contributed by atoms with Gasteiger partial charge in [0.2, 0.25) is 0 Å². The number of ether oxygens (including phenoxy) is 1. The van der Waals surface area contributed by atoms with Gasteiger partial charge < -0.3 is 9.30 Å². The number of carbonyl (C=O) groups excluding carboxylic acids is 1. The zero-order valence-electron chi connectivity index (χ0n) is 12.9. The van der Waals surface area contributed by atoms with Crippen molar-refractivity contribution in [3.05, 3.63) is 41.7 Å². The Balaban J connectivity index is 0.00000176. The molecule has 0 unspecified atom stereocenters. The smallest absolute Gasteiger partial charge is 0.356 e. The number of benzene rings is 1. The Morgan fingerprint density at radius 3 is 2.64 bits per heavy atom. The maximum absolute atomic E-state index is 12.0. The molecule has 2 heterocycles. The fourth-order valence-corrected chi connectivity index (χ4v) is 2.91. The largest absolute Gasteiger partial charge is 0.461 e. The number of fused-ring (bicyclic) bond motifs is 3. The topological polar surface area (TPSA) is 44.1 Å². The second-order valence-electron chi connectivity index (χ2n) is 4.97. The van der Waals surface area contributed by atoms with E-state index in [-0.39, 0.29) is 18.4 Å². The van der Waals surface area contributed by atoms with E-state index in [0.29, 0.717) is 12.3 Å². The molecule has 0 bridgehead atoms. The molecule has 0 aliphatic heterocycles. The van der Waals surface area contributed by atoms with Crippen molar-refractivity contribution in [2.75, 3.05) is 6.61 Å². The van der Waals surface area contributed by atoms with Crippen molar-refractivity contribution in [1.29, 1.82) is 0 Å². The first-order chi connectivity index (χ1) is 10.2. The molecule has 0 saturated carbocycles. The van der Waals surface area contributed by atoms with Crippen LogP contribution in [0, 0.1) is 6.92 Å². The van der Waals surface area contributed by atoms with E-state index in [1.165, 1.54) is 5.52 Å². The minimum atomic E-state index is -0.365. The van der Waals surface area contributed by atoms with Gasteiger partial charge in [0.25, 0.3) is 0 Å². The minimum absolute atomic E-state index is 0. The summed E-state index contributed by atoms with van der Waals surface area (Å²) < 4.78 is 7.31. The van der Waals surface area contributed by atoms with Crippen molar-refractivity contribution in [2.24, 2.45) is 0 Å². The normalized spacial score (nSPS) is 10.7. The third-order valence-corrected chi connectivity index (χ3v) is 3.72. The van der Waals surface area contributed by atoms with E-state index in [0.717, 1.165) is 28.5 Å². The molecule has 0 saturated heterocycles. The highest BCUT2D eigenvalue weighted by atomic mass is 35.5. The van der Waals surface area contributed by atoms with Crippen LogP contribution >= 0.6 is 12.4 Å². The zero-order chi connectivity index (χ0) is 15.0. The number of hydrogen-bond donors (Lipinski definition) is 0.